The third-order valence-corrected chi connectivity index (χ3v) is 5.41. The number of hydrogen-bond acceptors (Lipinski definition) is 6. The molecule has 0 saturated heterocycles. The zero-order valence-electron chi connectivity index (χ0n) is 17.7. The van der Waals surface area contributed by atoms with Crippen LogP contribution in [0.3, 0.4) is 0 Å². The van der Waals surface area contributed by atoms with Gasteiger partial charge < -0.3 is 14.5 Å². The first-order valence-electron chi connectivity index (χ1n) is 10.6. The molecule has 4 aromatic rings. The Morgan fingerprint density at radius 1 is 1.22 bits per heavy atom. The Bertz CT molecular complexity index is 1160. The minimum Gasteiger partial charge on any atom is -0.490 e. The van der Waals surface area contributed by atoms with Crippen molar-refractivity contribution in [3.63, 3.8) is 0 Å². The highest BCUT2D eigenvalue weighted by molar-refractivity contribution is 5.91. The number of benzene rings is 1. The van der Waals surface area contributed by atoms with Gasteiger partial charge in [-0.25, -0.2) is 14.6 Å². The molecule has 0 radical (unpaired) electrons. The van der Waals surface area contributed by atoms with E-state index in [2.05, 4.69) is 20.4 Å². The van der Waals surface area contributed by atoms with Crippen molar-refractivity contribution >= 4 is 11.7 Å². The maximum absolute atomic E-state index is 12.8. The molecular weight excluding hydrogens is 406 g/mol. The number of aromatic nitrogens is 4. The lowest BCUT2D eigenvalue weighted by atomic mass is 9.96. The number of nitrogens with one attached hydrogen (secondary N) is 1. The van der Waals surface area contributed by atoms with Crippen LogP contribution in [0.5, 0.6) is 5.75 Å². The Balaban J connectivity index is 1.33. The maximum Gasteiger partial charge on any atom is 0.229 e. The van der Waals surface area contributed by atoms with Crippen LogP contribution in [0, 0.1) is 6.92 Å². The van der Waals surface area contributed by atoms with Crippen molar-refractivity contribution in [2.45, 2.75) is 38.7 Å². The van der Waals surface area contributed by atoms with Gasteiger partial charge in [-0.2, -0.15) is 5.10 Å². The van der Waals surface area contributed by atoms with E-state index in [0.29, 0.717) is 29.3 Å². The van der Waals surface area contributed by atoms with E-state index in [1.54, 1.807) is 47.6 Å². The minimum absolute atomic E-state index is 0.174. The monoisotopic (exact) mass is 429 g/mol. The first kappa shape index (κ1) is 20.0. The van der Waals surface area contributed by atoms with Crippen molar-refractivity contribution < 1.29 is 13.9 Å². The van der Waals surface area contributed by atoms with Crippen molar-refractivity contribution in [1.29, 1.82) is 0 Å². The summed E-state index contributed by atoms with van der Waals surface area (Å²) >= 11 is 0. The number of hydrogen-bond donors (Lipinski definition) is 1. The molecule has 3 aromatic heterocycles. The van der Waals surface area contributed by atoms with Crippen LogP contribution in [0.4, 0.5) is 5.82 Å². The highest BCUT2D eigenvalue weighted by atomic mass is 16.5. The van der Waals surface area contributed by atoms with Crippen molar-refractivity contribution in [2.24, 2.45) is 0 Å². The molecule has 0 bridgehead atoms. The average Bonchev–Trinajstić information content (AvgIpc) is 3.46. The van der Waals surface area contributed by atoms with Gasteiger partial charge in [0.05, 0.1) is 18.8 Å². The summed E-state index contributed by atoms with van der Waals surface area (Å²) < 4.78 is 13.0. The van der Waals surface area contributed by atoms with Gasteiger partial charge in [-0.05, 0) is 61.6 Å². The smallest absolute Gasteiger partial charge is 0.229 e. The van der Waals surface area contributed by atoms with Gasteiger partial charge in [0.1, 0.15) is 11.6 Å². The van der Waals surface area contributed by atoms with Crippen LogP contribution in [0.25, 0.3) is 17.4 Å². The molecule has 1 aliphatic carbocycles. The molecule has 1 amide bonds. The van der Waals surface area contributed by atoms with Gasteiger partial charge in [0.15, 0.2) is 17.4 Å². The molecule has 0 unspecified atom stereocenters. The zero-order valence-corrected chi connectivity index (χ0v) is 17.7. The summed E-state index contributed by atoms with van der Waals surface area (Å²) in [6.45, 7) is 2.01. The molecule has 1 N–H and O–H groups in total. The second-order valence-electron chi connectivity index (χ2n) is 7.86. The third-order valence-electron chi connectivity index (χ3n) is 5.41. The SMILES string of the molecule is Cc1cc(CC(=O)Nc2cc(-n3cccn3)nc(-c3ccco3)n2)ccc1OC1CCC1. The number of furan rings is 1. The van der Waals surface area contributed by atoms with E-state index in [1.165, 1.54) is 6.42 Å². The largest absolute Gasteiger partial charge is 0.490 e. The Morgan fingerprint density at radius 3 is 2.81 bits per heavy atom. The van der Waals surface area contributed by atoms with E-state index in [4.69, 9.17) is 9.15 Å². The summed E-state index contributed by atoms with van der Waals surface area (Å²) in [7, 11) is 0. The quantitative estimate of drug-likeness (QED) is 0.469. The fourth-order valence-electron chi connectivity index (χ4n) is 3.53. The molecule has 0 atom stereocenters. The highest BCUT2D eigenvalue weighted by Gasteiger charge is 2.20. The molecule has 8 nitrogen and oxygen atoms in total. The Hall–Kier alpha value is -3.94. The fourth-order valence-corrected chi connectivity index (χ4v) is 3.53. The Morgan fingerprint density at radius 2 is 2.12 bits per heavy atom. The summed E-state index contributed by atoms with van der Waals surface area (Å²) in [6, 6.07) is 12.9. The standard InChI is InChI=1S/C24H23N5O3/c1-16-13-17(8-9-19(16)32-18-5-2-6-18)14-23(30)26-21-15-22(29-11-4-10-25-29)28-24(27-21)20-7-3-12-31-20/h3-4,7-13,15,18H,2,5-6,14H2,1H3,(H,26,27,28,30). The number of carbonyl (C=O) groups excluding carboxylic acids is 1. The van der Waals surface area contributed by atoms with E-state index in [9.17, 15) is 4.79 Å². The first-order valence-corrected chi connectivity index (χ1v) is 10.6. The fraction of sp³-hybridized carbons (Fsp3) is 0.250. The van der Waals surface area contributed by atoms with Crippen LogP contribution in [0.1, 0.15) is 30.4 Å². The third kappa shape index (κ3) is 4.39. The molecular formula is C24H23N5O3. The predicted molar refractivity (Wildman–Crippen MR) is 119 cm³/mol. The molecule has 1 fully saturated rings. The van der Waals surface area contributed by atoms with Crippen molar-refractivity contribution in [3.8, 4) is 23.2 Å². The first-order chi connectivity index (χ1) is 15.6. The van der Waals surface area contributed by atoms with E-state index in [0.717, 1.165) is 29.7 Å². The van der Waals surface area contributed by atoms with Gasteiger partial charge >= 0.3 is 0 Å². The summed E-state index contributed by atoms with van der Waals surface area (Å²) in [4.78, 5) is 21.7. The van der Waals surface area contributed by atoms with E-state index >= 15 is 0 Å². The van der Waals surface area contributed by atoms with Crippen molar-refractivity contribution in [2.75, 3.05) is 5.32 Å². The molecule has 1 aliphatic rings. The van der Waals surface area contributed by atoms with Crippen molar-refractivity contribution in [3.05, 3.63) is 72.2 Å². The van der Waals surface area contributed by atoms with Gasteiger partial charge in [-0.15, -0.1) is 0 Å². The van der Waals surface area contributed by atoms with Gasteiger partial charge in [0.2, 0.25) is 5.91 Å². The second-order valence-corrected chi connectivity index (χ2v) is 7.86. The van der Waals surface area contributed by atoms with Crippen LogP contribution in [0.2, 0.25) is 0 Å². The molecule has 3 heterocycles. The number of rotatable bonds is 7. The van der Waals surface area contributed by atoms with Crippen LogP contribution < -0.4 is 10.1 Å². The van der Waals surface area contributed by atoms with E-state index in [-0.39, 0.29) is 12.3 Å². The van der Waals surface area contributed by atoms with E-state index in [1.807, 2.05) is 25.1 Å². The normalized spacial score (nSPS) is 13.5. The lowest BCUT2D eigenvalue weighted by Gasteiger charge is -2.27. The lowest BCUT2D eigenvalue weighted by Crippen LogP contribution is -2.24. The van der Waals surface area contributed by atoms with Gasteiger partial charge in [-0.3, -0.25) is 4.79 Å². The summed E-state index contributed by atoms with van der Waals surface area (Å²) in [5.74, 6) is 2.50. The van der Waals surface area contributed by atoms with Crippen molar-refractivity contribution in [1.82, 2.24) is 19.7 Å². The molecule has 32 heavy (non-hydrogen) atoms. The molecule has 1 aromatic carbocycles. The molecule has 162 valence electrons. The molecule has 0 aliphatic heterocycles. The van der Waals surface area contributed by atoms with Gasteiger partial charge in [0.25, 0.3) is 0 Å². The number of nitrogens with zero attached hydrogens (tertiary/aromatic N) is 4. The van der Waals surface area contributed by atoms with Crippen LogP contribution >= 0.6 is 0 Å². The topological polar surface area (TPSA) is 95.1 Å². The number of carbonyl (C=O) groups is 1. The van der Waals surface area contributed by atoms with Gasteiger partial charge in [0, 0.05) is 18.5 Å². The lowest BCUT2D eigenvalue weighted by molar-refractivity contribution is -0.115. The number of ether oxygens (including phenoxy) is 1. The zero-order chi connectivity index (χ0) is 21.9. The van der Waals surface area contributed by atoms with Crippen LogP contribution in [0.15, 0.2) is 65.5 Å². The second kappa shape index (κ2) is 8.66. The Kier molecular flexibility index (Phi) is 5.41. The van der Waals surface area contributed by atoms with Crippen LogP contribution in [-0.2, 0) is 11.2 Å². The number of amides is 1. The van der Waals surface area contributed by atoms with Crippen LogP contribution in [-0.4, -0.2) is 31.8 Å². The average molecular weight is 429 g/mol. The minimum atomic E-state index is -0.174. The highest BCUT2D eigenvalue weighted by Crippen LogP contribution is 2.28. The predicted octanol–water partition coefficient (Wildman–Crippen LogP) is 4.34. The van der Waals surface area contributed by atoms with Gasteiger partial charge in [-0.1, -0.05) is 12.1 Å². The van der Waals surface area contributed by atoms with E-state index < -0.39 is 0 Å². The summed E-state index contributed by atoms with van der Waals surface area (Å²) in [5, 5.41) is 7.09. The summed E-state index contributed by atoms with van der Waals surface area (Å²) in [6.07, 6.45) is 9.00. The molecule has 8 heteroatoms. The number of aryl methyl sites for hydroxylation is 1. The summed E-state index contributed by atoms with van der Waals surface area (Å²) in [5.41, 5.74) is 1.94. The number of anilines is 1. The maximum atomic E-state index is 12.8. The molecule has 1 saturated carbocycles. The Labute approximate surface area is 185 Å². The molecule has 5 rings (SSSR count). The molecule has 0 spiro atoms.